The molecule has 0 bridgehead atoms. The van der Waals surface area contributed by atoms with Crippen LogP contribution in [0.1, 0.15) is 38.2 Å². The molecule has 8 nitrogen and oxygen atoms in total. The van der Waals surface area contributed by atoms with Crippen LogP contribution >= 0.6 is 0 Å². The van der Waals surface area contributed by atoms with E-state index in [9.17, 15) is 0 Å². The molecule has 0 spiro atoms. The number of fused-ring (bicyclic) bond motifs is 2. The Morgan fingerprint density at radius 1 is 1.31 bits per heavy atom. The van der Waals surface area contributed by atoms with E-state index in [0.29, 0.717) is 29.7 Å². The smallest absolute Gasteiger partial charge is 0.224 e. The summed E-state index contributed by atoms with van der Waals surface area (Å²) in [5.41, 5.74) is 8.03. The highest BCUT2D eigenvalue weighted by Crippen LogP contribution is 2.56. The van der Waals surface area contributed by atoms with Gasteiger partial charge in [0.25, 0.3) is 0 Å². The number of aliphatic imine (C=N–C) groups is 1. The lowest BCUT2D eigenvalue weighted by molar-refractivity contribution is 0.137. The number of anilines is 1. The van der Waals surface area contributed by atoms with Crippen molar-refractivity contribution in [2.45, 2.75) is 44.4 Å². The van der Waals surface area contributed by atoms with Gasteiger partial charge in [0.1, 0.15) is 5.82 Å². The maximum atomic E-state index is 6.85. The van der Waals surface area contributed by atoms with Gasteiger partial charge in [-0.25, -0.2) is 4.99 Å². The van der Waals surface area contributed by atoms with Crippen molar-refractivity contribution < 1.29 is 4.74 Å². The highest BCUT2D eigenvalue weighted by atomic mass is 16.5. The summed E-state index contributed by atoms with van der Waals surface area (Å²) in [6.45, 7) is 8.04. The van der Waals surface area contributed by atoms with Gasteiger partial charge in [-0.05, 0) is 43.7 Å². The van der Waals surface area contributed by atoms with Crippen LogP contribution in [-0.2, 0) is 4.74 Å². The molecule has 2 saturated heterocycles. The van der Waals surface area contributed by atoms with Gasteiger partial charge in [-0.3, -0.25) is 5.73 Å². The first-order valence-corrected chi connectivity index (χ1v) is 9.87. The van der Waals surface area contributed by atoms with Crippen LogP contribution in [0.2, 0.25) is 0 Å². The van der Waals surface area contributed by atoms with Crippen molar-refractivity contribution in [1.29, 1.82) is 0 Å². The van der Waals surface area contributed by atoms with E-state index >= 15 is 0 Å². The third-order valence-electron chi connectivity index (χ3n) is 6.36. The van der Waals surface area contributed by atoms with Crippen LogP contribution in [0.4, 0.5) is 5.82 Å². The molecular formula is C18H29N7O. The van der Waals surface area contributed by atoms with Crippen molar-refractivity contribution >= 4 is 11.8 Å². The number of nitrogens with one attached hydrogen (secondary N) is 3. The van der Waals surface area contributed by atoms with Crippen LogP contribution in [0.3, 0.4) is 0 Å². The molecule has 1 aliphatic carbocycles. The van der Waals surface area contributed by atoms with E-state index in [-0.39, 0.29) is 0 Å². The maximum Gasteiger partial charge on any atom is 0.224 e. The Kier molecular flexibility index (Phi) is 3.77. The molecule has 4 aliphatic rings. The molecule has 8 heteroatoms. The Hall–Kier alpha value is -1.64. The third kappa shape index (κ3) is 2.54. The minimum atomic E-state index is -0.784. The lowest BCUT2D eigenvalue weighted by Gasteiger charge is -2.36. The van der Waals surface area contributed by atoms with Crippen LogP contribution in [0.25, 0.3) is 0 Å². The quantitative estimate of drug-likeness (QED) is 0.626. The molecule has 1 aromatic rings. The van der Waals surface area contributed by atoms with Gasteiger partial charge in [0, 0.05) is 17.5 Å². The number of hydrogen-bond acceptors (Lipinski definition) is 7. The molecule has 142 valence electrons. The number of rotatable bonds is 3. The monoisotopic (exact) mass is 359 g/mol. The first-order chi connectivity index (χ1) is 12.6. The Bertz CT molecular complexity index is 713. The van der Waals surface area contributed by atoms with Crippen LogP contribution in [0, 0.1) is 17.8 Å². The average molecular weight is 359 g/mol. The summed E-state index contributed by atoms with van der Waals surface area (Å²) in [5.74, 6) is 2.72. The van der Waals surface area contributed by atoms with Crippen LogP contribution in [0.5, 0.6) is 0 Å². The van der Waals surface area contributed by atoms with Crippen molar-refractivity contribution in [3.05, 3.63) is 11.8 Å². The van der Waals surface area contributed by atoms with Crippen molar-refractivity contribution in [2.75, 3.05) is 31.6 Å². The molecule has 2 unspecified atom stereocenters. The highest BCUT2D eigenvalue weighted by molar-refractivity contribution is 5.88. The zero-order chi connectivity index (χ0) is 17.9. The molecule has 4 atom stereocenters. The predicted octanol–water partition coefficient (Wildman–Crippen LogP) is 0.483. The molecule has 3 fully saturated rings. The zero-order valence-corrected chi connectivity index (χ0v) is 15.5. The first kappa shape index (κ1) is 16.5. The predicted molar refractivity (Wildman–Crippen MR) is 100 cm³/mol. The SMILES string of the molecule is CC(C)c1cnn2c1NC(N)(C1[C@H]3COC[C@@H]13)N=C2NC1CCNCC1. The number of piperidine rings is 1. The van der Waals surface area contributed by atoms with Crippen molar-refractivity contribution in [3.8, 4) is 0 Å². The van der Waals surface area contributed by atoms with Gasteiger partial charge in [0.05, 0.1) is 19.4 Å². The van der Waals surface area contributed by atoms with E-state index in [0.717, 1.165) is 50.9 Å². The minimum Gasteiger partial charge on any atom is -0.381 e. The fourth-order valence-corrected chi connectivity index (χ4v) is 4.80. The molecule has 1 saturated carbocycles. The normalized spacial score (nSPS) is 36.3. The molecular weight excluding hydrogens is 330 g/mol. The van der Waals surface area contributed by atoms with E-state index in [1.54, 1.807) is 0 Å². The van der Waals surface area contributed by atoms with Gasteiger partial charge in [0.15, 0.2) is 5.79 Å². The number of aromatic nitrogens is 2. The maximum absolute atomic E-state index is 6.85. The summed E-state index contributed by atoms with van der Waals surface area (Å²) in [4.78, 5) is 4.96. The van der Waals surface area contributed by atoms with E-state index in [2.05, 4.69) is 34.9 Å². The van der Waals surface area contributed by atoms with Gasteiger partial charge < -0.3 is 20.7 Å². The second-order valence-electron chi connectivity index (χ2n) is 8.46. The first-order valence-electron chi connectivity index (χ1n) is 9.87. The van der Waals surface area contributed by atoms with Gasteiger partial charge in [-0.1, -0.05) is 13.8 Å². The Labute approximate surface area is 153 Å². The minimum absolute atomic E-state index is 0.324. The largest absolute Gasteiger partial charge is 0.381 e. The standard InChI is InChI=1S/C18H29N7O/c1-10(2)12-7-21-25-16(12)23-18(19,15-13-8-26-9-14(13)15)24-17(25)22-11-3-5-20-6-4-11/h7,10-11,13-15,20,23H,3-6,8-9,19H2,1-2H3,(H,22,24)/t13-,14+,15?,18?. The topological polar surface area (TPSA) is 102 Å². The Balaban J connectivity index is 1.49. The summed E-state index contributed by atoms with van der Waals surface area (Å²) in [5, 5.41) is 15.2. The molecule has 0 radical (unpaired) electrons. The van der Waals surface area contributed by atoms with Gasteiger partial charge in [0.2, 0.25) is 5.96 Å². The fourth-order valence-electron chi connectivity index (χ4n) is 4.80. The van der Waals surface area contributed by atoms with E-state index in [1.807, 2.05) is 10.9 Å². The zero-order valence-electron chi connectivity index (χ0n) is 15.5. The highest BCUT2D eigenvalue weighted by Gasteiger charge is 2.64. The molecule has 3 aliphatic heterocycles. The van der Waals surface area contributed by atoms with Crippen LogP contribution in [-0.4, -0.2) is 53.9 Å². The molecule has 4 heterocycles. The summed E-state index contributed by atoms with van der Waals surface area (Å²) in [6, 6.07) is 0.402. The average Bonchev–Trinajstić information content (AvgIpc) is 2.96. The molecule has 26 heavy (non-hydrogen) atoms. The molecule has 5 N–H and O–H groups in total. The van der Waals surface area contributed by atoms with E-state index < -0.39 is 5.79 Å². The molecule has 5 rings (SSSR count). The van der Waals surface area contributed by atoms with Gasteiger partial charge in [-0.15, -0.1) is 0 Å². The molecule has 0 amide bonds. The van der Waals surface area contributed by atoms with E-state index in [1.165, 1.54) is 5.56 Å². The molecule has 1 aromatic heterocycles. The second-order valence-corrected chi connectivity index (χ2v) is 8.46. The fraction of sp³-hybridized carbons (Fsp3) is 0.778. The summed E-state index contributed by atoms with van der Waals surface area (Å²) in [7, 11) is 0. The number of ether oxygens (including phenoxy) is 1. The lowest BCUT2D eigenvalue weighted by atomic mass is 10.0. The number of hydrogen-bond donors (Lipinski definition) is 4. The summed E-state index contributed by atoms with van der Waals surface area (Å²) < 4.78 is 7.47. The Morgan fingerprint density at radius 3 is 2.73 bits per heavy atom. The van der Waals surface area contributed by atoms with Crippen LogP contribution < -0.4 is 21.7 Å². The van der Waals surface area contributed by atoms with Crippen molar-refractivity contribution in [1.82, 2.24) is 20.4 Å². The van der Waals surface area contributed by atoms with Crippen molar-refractivity contribution in [2.24, 2.45) is 28.5 Å². The summed E-state index contributed by atoms with van der Waals surface area (Å²) >= 11 is 0. The summed E-state index contributed by atoms with van der Waals surface area (Å²) in [6.07, 6.45) is 4.11. The van der Waals surface area contributed by atoms with Gasteiger partial charge in [-0.2, -0.15) is 9.78 Å². The second kappa shape index (κ2) is 5.94. The lowest BCUT2D eigenvalue weighted by Crippen LogP contribution is -2.57. The van der Waals surface area contributed by atoms with Crippen LogP contribution in [0.15, 0.2) is 11.2 Å². The van der Waals surface area contributed by atoms with Gasteiger partial charge >= 0.3 is 0 Å². The van der Waals surface area contributed by atoms with E-state index in [4.69, 9.17) is 15.5 Å². The Morgan fingerprint density at radius 2 is 2.04 bits per heavy atom. The number of nitrogens with zero attached hydrogens (tertiary/aromatic N) is 3. The molecule has 0 aromatic carbocycles. The number of nitrogens with two attached hydrogens (primary N) is 1. The van der Waals surface area contributed by atoms with Crippen molar-refractivity contribution in [3.63, 3.8) is 0 Å². The third-order valence-corrected chi connectivity index (χ3v) is 6.36.